The zero-order valence-corrected chi connectivity index (χ0v) is 26.0. The van der Waals surface area contributed by atoms with Gasteiger partial charge in [-0.2, -0.15) is 0 Å². The zero-order chi connectivity index (χ0) is 31.6. The highest BCUT2D eigenvalue weighted by Crippen LogP contribution is 2.45. The van der Waals surface area contributed by atoms with Crippen LogP contribution in [-0.2, 0) is 21.3 Å². The number of benzene rings is 4. The number of alkyl carbamates (subject to hydrolysis) is 1. The van der Waals surface area contributed by atoms with Gasteiger partial charge in [0.1, 0.15) is 11.6 Å². The molecule has 0 saturated heterocycles. The summed E-state index contributed by atoms with van der Waals surface area (Å²) in [5.41, 5.74) is 6.84. The largest absolute Gasteiger partial charge is 0.449 e. The Bertz CT molecular complexity index is 1990. The molecule has 226 valence electrons. The van der Waals surface area contributed by atoms with E-state index in [0.717, 1.165) is 22.3 Å². The van der Waals surface area contributed by atoms with Gasteiger partial charge < -0.3 is 10.1 Å². The number of hydrogen-bond acceptors (Lipinski definition) is 7. The molecule has 3 N–H and O–H groups in total. The summed E-state index contributed by atoms with van der Waals surface area (Å²) < 4.78 is 29.4. The number of amides is 1. The maximum absolute atomic E-state index is 13.1. The number of halogens is 1. The second kappa shape index (κ2) is 12.9. The number of nitrogens with one attached hydrogen (secondary N) is 1. The fourth-order valence-corrected chi connectivity index (χ4v) is 7.28. The smallest absolute Gasteiger partial charge is 0.407 e. The molecule has 45 heavy (non-hydrogen) atoms. The summed E-state index contributed by atoms with van der Waals surface area (Å²) in [5, 5.41) is 8.98. The molecule has 8 nitrogen and oxygen atoms in total. The van der Waals surface area contributed by atoms with Crippen molar-refractivity contribution in [3.63, 3.8) is 0 Å². The zero-order valence-electron chi connectivity index (χ0n) is 23.6. The topological polar surface area (TPSA) is 128 Å². The van der Waals surface area contributed by atoms with Crippen LogP contribution in [0.5, 0.6) is 0 Å². The average Bonchev–Trinajstić information content (AvgIpc) is 3.37. The van der Waals surface area contributed by atoms with E-state index in [-0.39, 0.29) is 24.0 Å². The van der Waals surface area contributed by atoms with Gasteiger partial charge >= 0.3 is 6.09 Å². The molecular weight excluding hydrogens is 630 g/mol. The molecule has 0 fully saturated rings. The summed E-state index contributed by atoms with van der Waals surface area (Å²) in [5.74, 6) is -0.0979. The van der Waals surface area contributed by atoms with E-state index >= 15 is 0 Å². The molecule has 1 aliphatic rings. The van der Waals surface area contributed by atoms with E-state index in [1.54, 1.807) is 42.6 Å². The number of primary sulfonamides is 1. The van der Waals surface area contributed by atoms with Gasteiger partial charge in [-0.05, 0) is 69.3 Å². The number of fused-ring (bicyclic) bond motifs is 3. The van der Waals surface area contributed by atoms with Crippen LogP contribution in [0, 0.1) is 0 Å². The molecule has 0 radical (unpaired) electrons. The van der Waals surface area contributed by atoms with Gasteiger partial charge in [-0.3, -0.25) is 4.79 Å². The van der Waals surface area contributed by atoms with Crippen molar-refractivity contribution in [3.8, 4) is 22.3 Å². The van der Waals surface area contributed by atoms with Gasteiger partial charge in [0.2, 0.25) is 10.0 Å². The van der Waals surface area contributed by atoms with E-state index in [1.807, 2.05) is 24.3 Å². The molecule has 0 atom stereocenters. The maximum atomic E-state index is 13.1. The van der Waals surface area contributed by atoms with Crippen LogP contribution >= 0.6 is 23.4 Å². The van der Waals surface area contributed by atoms with Gasteiger partial charge in [-0.15, -0.1) is 0 Å². The van der Waals surface area contributed by atoms with Crippen LogP contribution in [0.4, 0.5) is 4.79 Å². The number of carbonyl (C=O) groups excluding carboxylic acids is 2. The Hall–Kier alpha value is -4.48. The number of nitrogens with two attached hydrogens (primary N) is 1. The summed E-state index contributed by atoms with van der Waals surface area (Å²) in [4.78, 5) is 29.8. The summed E-state index contributed by atoms with van der Waals surface area (Å²) in [6, 6.07) is 29.1. The molecule has 1 heterocycles. The van der Waals surface area contributed by atoms with Crippen molar-refractivity contribution in [2.24, 2.45) is 5.14 Å². The van der Waals surface area contributed by atoms with Crippen molar-refractivity contribution in [3.05, 3.63) is 131 Å². The monoisotopic (exact) mass is 655 g/mol. The van der Waals surface area contributed by atoms with Gasteiger partial charge in [0.25, 0.3) is 0 Å². The van der Waals surface area contributed by atoms with Crippen LogP contribution in [-0.4, -0.2) is 32.4 Å². The lowest BCUT2D eigenvalue weighted by molar-refractivity contribution is 0.112. The van der Waals surface area contributed by atoms with Crippen molar-refractivity contribution in [2.75, 3.05) is 6.61 Å². The Morgan fingerprint density at radius 3 is 2.22 bits per heavy atom. The van der Waals surface area contributed by atoms with Crippen molar-refractivity contribution >= 4 is 45.8 Å². The minimum absolute atomic E-state index is 0.0229. The van der Waals surface area contributed by atoms with E-state index in [4.69, 9.17) is 21.5 Å². The van der Waals surface area contributed by atoms with Gasteiger partial charge in [0.05, 0.1) is 9.92 Å². The third kappa shape index (κ3) is 6.36. The number of carbonyl (C=O) groups is 2. The van der Waals surface area contributed by atoms with E-state index < -0.39 is 16.1 Å². The molecule has 1 aliphatic carbocycles. The summed E-state index contributed by atoms with van der Waals surface area (Å²) in [7, 11) is -3.89. The van der Waals surface area contributed by atoms with E-state index in [1.165, 1.54) is 23.9 Å². The van der Waals surface area contributed by atoms with Crippen LogP contribution in [0.2, 0.25) is 5.02 Å². The van der Waals surface area contributed by atoms with Crippen LogP contribution in [0.15, 0.2) is 118 Å². The predicted molar refractivity (Wildman–Crippen MR) is 174 cm³/mol. The predicted octanol–water partition coefficient (Wildman–Crippen LogP) is 7.05. The lowest BCUT2D eigenvalue weighted by Gasteiger charge is -2.18. The quantitative estimate of drug-likeness (QED) is 0.163. The summed E-state index contributed by atoms with van der Waals surface area (Å²) in [6.45, 7) is 0.171. The number of nitrogens with zero attached hydrogens (tertiary/aromatic N) is 1. The first kappa shape index (κ1) is 30.5. The fraction of sp³-hybridized carbons (Fsp3) is 0.0882. The van der Waals surface area contributed by atoms with E-state index in [9.17, 15) is 18.0 Å². The van der Waals surface area contributed by atoms with Crippen molar-refractivity contribution in [1.82, 2.24) is 10.3 Å². The number of aldehydes is 1. The van der Waals surface area contributed by atoms with Gasteiger partial charge in [0, 0.05) is 29.1 Å². The number of sulfonamides is 1. The molecule has 0 spiro atoms. The van der Waals surface area contributed by atoms with Crippen molar-refractivity contribution in [2.45, 2.75) is 27.3 Å². The van der Waals surface area contributed by atoms with Crippen molar-refractivity contribution in [1.29, 1.82) is 0 Å². The normalized spacial score (nSPS) is 12.3. The first-order valence-electron chi connectivity index (χ1n) is 13.9. The molecule has 11 heteroatoms. The maximum Gasteiger partial charge on any atom is 0.407 e. The molecule has 0 unspecified atom stereocenters. The molecule has 0 bridgehead atoms. The molecule has 6 rings (SSSR count). The molecule has 5 aromatic rings. The van der Waals surface area contributed by atoms with Crippen LogP contribution in [0.1, 0.15) is 33.0 Å². The number of hydrogen-bond donors (Lipinski definition) is 2. The standard InChI is InChI=1S/C34H26ClN3O5S2/c35-31-16-15-24(21-11-13-23(14-12-21)45(36,41)42)29(32(31)44-33-22(19-39)6-5-17-37-33)18-38-34(40)43-20-30-27-9-3-1-7-25(27)26-8-2-4-10-28(26)30/h1-17,19,30H,18,20H2,(H,38,40)(H2,36,41,42). The van der Waals surface area contributed by atoms with Gasteiger partial charge in [-0.1, -0.05) is 90.1 Å². The summed E-state index contributed by atoms with van der Waals surface area (Å²) in [6.07, 6.45) is 1.68. The van der Waals surface area contributed by atoms with Crippen molar-refractivity contribution < 1.29 is 22.7 Å². The van der Waals surface area contributed by atoms with Gasteiger partial charge in [-0.25, -0.2) is 23.3 Å². The lowest BCUT2D eigenvalue weighted by atomic mass is 9.98. The summed E-state index contributed by atoms with van der Waals surface area (Å²) >= 11 is 7.90. The highest BCUT2D eigenvalue weighted by molar-refractivity contribution is 7.99. The molecule has 1 aromatic heterocycles. The first-order valence-corrected chi connectivity index (χ1v) is 16.6. The molecule has 0 aliphatic heterocycles. The lowest BCUT2D eigenvalue weighted by Crippen LogP contribution is -2.26. The molecule has 1 amide bonds. The highest BCUT2D eigenvalue weighted by atomic mass is 35.5. The Kier molecular flexibility index (Phi) is 8.73. The van der Waals surface area contributed by atoms with Gasteiger partial charge in [0.15, 0.2) is 6.29 Å². The SMILES string of the molecule is NS(=O)(=O)c1ccc(-c2ccc(Cl)c(Sc3ncccc3C=O)c2CNC(=O)OCC2c3ccccc3-c3ccccc32)cc1. The van der Waals surface area contributed by atoms with Crippen LogP contribution < -0.4 is 10.5 Å². The Morgan fingerprint density at radius 1 is 0.911 bits per heavy atom. The van der Waals surface area contributed by atoms with Crippen LogP contribution in [0.25, 0.3) is 22.3 Å². The van der Waals surface area contributed by atoms with E-state index in [0.29, 0.717) is 43.5 Å². The fourth-order valence-electron chi connectivity index (χ4n) is 5.46. The molecule has 4 aromatic carbocycles. The number of pyridine rings is 1. The van der Waals surface area contributed by atoms with Crippen LogP contribution in [0.3, 0.4) is 0 Å². The average molecular weight is 656 g/mol. The third-order valence-electron chi connectivity index (χ3n) is 7.59. The minimum atomic E-state index is -3.89. The van der Waals surface area contributed by atoms with E-state index in [2.05, 4.69) is 34.6 Å². The number of ether oxygens (including phenoxy) is 1. The molecule has 0 saturated carbocycles. The Morgan fingerprint density at radius 2 is 1.58 bits per heavy atom. The highest BCUT2D eigenvalue weighted by Gasteiger charge is 2.29. The minimum Gasteiger partial charge on any atom is -0.449 e. The first-order chi connectivity index (χ1) is 21.7. The second-order valence-corrected chi connectivity index (χ2v) is 13.2. The second-order valence-electron chi connectivity index (χ2n) is 10.3. The number of aromatic nitrogens is 1. The Balaban J connectivity index is 1.28. The Labute approximate surface area is 269 Å². The molecular formula is C34H26ClN3O5S2. The third-order valence-corrected chi connectivity index (χ3v) is 10.1. The number of rotatable bonds is 9.